The van der Waals surface area contributed by atoms with E-state index in [1.807, 2.05) is 18.2 Å². The summed E-state index contributed by atoms with van der Waals surface area (Å²) in [5.74, 6) is 0. The quantitative estimate of drug-likeness (QED) is 0.553. The lowest BCUT2D eigenvalue weighted by Gasteiger charge is -2.05. The summed E-state index contributed by atoms with van der Waals surface area (Å²) in [6, 6.07) is 16.5. The molecule has 2 aromatic heterocycles. The standard InChI is InChI=1S/C17H13NOS/c1-2-7-16-13(4-1)14-5-3-6-15(17(14)19-16)18-10-12-8-9-20-11-12/h1-9,11,18H,10H2. The molecule has 1 N–H and O–H groups in total. The number of rotatable bonds is 3. The molecule has 98 valence electrons. The van der Waals surface area contributed by atoms with Gasteiger partial charge in [0.1, 0.15) is 5.58 Å². The highest BCUT2D eigenvalue weighted by Gasteiger charge is 2.09. The molecule has 0 fully saturated rings. The van der Waals surface area contributed by atoms with Gasteiger partial charge in [-0.05, 0) is 34.5 Å². The monoisotopic (exact) mass is 279 g/mol. The molecule has 0 amide bonds. The van der Waals surface area contributed by atoms with Crippen molar-refractivity contribution >= 4 is 39.0 Å². The van der Waals surface area contributed by atoms with E-state index in [1.54, 1.807) is 11.3 Å². The third-order valence-electron chi connectivity index (χ3n) is 3.47. The summed E-state index contributed by atoms with van der Waals surface area (Å²) in [4.78, 5) is 0. The molecule has 2 aromatic carbocycles. The number of fused-ring (bicyclic) bond motifs is 3. The first-order chi connectivity index (χ1) is 9.92. The number of hydrogen-bond donors (Lipinski definition) is 1. The van der Waals surface area contributed by atoms with Crippen molar-refractivity contribution in [2.75, 3.05) is 5.32 Å². The van der Waals surface area contributed by atoms with Crippen molar-refractivity contribution in [3.63, 3.8) is 0 Å². The summed E-state index contributed by atoms with van der Waals surface area (Å²) in [6.45, 7) is 0.819. The number of nitrogens with one attached hydrogen (secondary N) is 1. The molecule has 0 saturated heterocycles. The van der Waals surface area contributed by atoms with Crippen LogP contribution in [0.5, 0.6) is 0 Å². The van der Waals surface area contributed by atoms with Gasteiger partial charge < -0.3 is 9.73 Å². The molecule has 0 bridgehead atoms. The van der Waals surface area contributed by atoms with Crippen molar-refractivity contribution < 1.29 is 4.42 Å². The number of hydrogen-bond acceptors (Lipinski definition) is 3. The van der Waals surface area contributed by atoms with E-state index in [2.05, 4.69) is 46.4 Å². The van der Waals surface area contributed by atoms with Crippen LogP contribution in [-0.2, 0) is 6.54 Å². The highest BCUT2D eigenvalue weighted by atomic mass is 32.1. The third kappa shape index (κ3) is 1.87. The van der Waals surface area contributed by atoms with E-state index in [1.165, 1.54) is 10.9 Å². The van der Waals surface area contributed by atoms with Gasteiger partial charge in [-0.3, -0.25) is 0 Å². The maximum absolute atomic E-state index is 5.99. The van der Waals surface area contributed by atoms with Crippen LogP contribution >= 0.6 is 11.3 Å². The first kappa shape index (κ1) is 11.6. The summed E-state index contributed by atoms with van der Waals surface area (Å²) < 4.78 is 5.99. The van der Waals surface area contributed by atoms with Crippen LogP contribution in [0.3, 0.4) is 0 Å². The zero-order valence-corrected chi connectivity index (χ0v) is 11.6. The summed E-state index contributed by atoms with van der Waals surface area (Å²) in [7, 11) is 0. The summed E-state index contributed by atoms with van der Waals surface area (Å²) in [5.41, 5.74) is 4.21. The van der Waals surface area contributed by atoms with Gasteiger partial charge in [0.05, 0.1) is 5.69 Å². The van der Waals surface area contributed by atoms with Crippen molar-refractivity contribution in [1.29, 1.82) is 0 Å². The Hall–Kier alpha value is -2.26. The van der Waals surface area contributed by atoms with Crippen molar-refractivity contribution in [2.24, 2.45) is 0 Å². The summed E-state index contributed by atoms with van der Waals surface area (Å²) in [5, 5.41) is 10.0. The molecule has 4 aromatic rings. The lowest BCUT2D eigenvalue weighted by atomic mass is 10.1. The Kier molecular flexibility index (Phi) is 2.71. The fraction of sp³-hybridized carbons (Fsp3) is 0.0588. The Labute approximate surface area is 120 Å². The molecular weight excluding hydrogens is 266 g/mol. The minimum absolute atomic E-state index is 0.819. The molecule has 2 nitrogen and oxygen atoms in total. The van der Waals surface area contributed by atoms with Crippen molar-refractivity contribution in [1.82, 2.24) is 0 Å². The molecule has 0 spiro atoms. The van der Waals surface area contributed by atoms with Crippen molar-refractivity contribution in [3.05, 3.63) is 64.9 Å². The summed E-state index contributed by atoms with van der Waals surface area (Å²) >= 11 is 1.72. The molecule has 0 aliphatic carbocycles. The van der Waals surface area contributed by atoms with E-state index in [0.29, 0.717) is 0 Å². The lowest BCUT2D eigenvalue weighted by molar-refractivity contribution is 0.669. The van der Waals surface area contributed by atoms with Crippen LogP contribution in [0.15, 0.2) is 63.7 Å². The molecule has 0 aliphatic rings. The van der Waals surface area contributed by atoms with E-state index in [0.717, 1.165) is 28.8 Å². The van der Waals surface area contributed by atoms with Crippen molar-refractivity contribution in [3.8, 4) is 0 Å². The normalized spacial score (nSPS) is 11.2. The SMILES string of the molecule is c1ccc2c(c1)oc1c(NCc3ccsc3)cccc12. The number of furan rings is 1. The topological polar surface area (TPSA) is 25.2 Å². The largest absolute Gasteiger partial charge is 0.454 e. The van der Waals surface area contributed by atoms with Crippen LogP contribution in [0.1, 0.15) is 5.56 Å². The van der Waals surface area contributed by atoms with Gasteiger partial charge in [0.15, 0.2) is 5.58 Å². The zero-order chi connectivity index (χ0) is 13.4. The fourth-order valence-electron chi connectivity index (χ4n) is 2.48. The van der Waals surface area contributed by atoms with E-state index in [4.69, 9.17) is 4.42 Å². The Bertz CT molecular complexity index is 861. The van der Waals surface area contributed by atoms with Crippen LogP contribution in [0.2, 0.25) is 0 Å². The smallest absolute Gasteiger partial charge is 0.158 e. The Morgan fingerprint density at radius 1 is 0.950 bits per heavy atom. The van der Waals surface area contributed by atoms with Gasteiger partial charge in [-0.25, -0.2) is 0 Å². The maximum Gasteiger partial charge on any atom is 0.158 e. The second kappa shape index (κ2) is 4.69. The van der Waals surface area contributed by atoms with Crippen LogP contribution in [0.25, 0.3) is 21.9 Å². The second-order valence-electron chi connectivity index (χ2n) is 4.77. The van der Waals surface area contributed by atoms with Gasteiger partial charge in [0.25, 0.3) is 0 Å². The molecule has 20 heavy (non-hydrogen) atoms. The molecule has 0 radical (unpaired) electrons. The number of anilines is 1. The van der Waals surface area contributed by atoms with Gasteiger partial charge in [-0.15, -0.1) is 0 Å². The van der Waals surface area contributed by atoms with Crippen molar-refractivity contribution in [2.45, 2.75) is 6.54 Å². The Morgan fingerprint density at radius 3 is 2.75 bits per heavy atom. The van der Waals surface area contributed by atoms with E-state index < -0.39 is 0 Å². The Balaban J connectivity index is 1.79. The van der Waals surface area contributed by atoms with Crippen LogP contribution < -0.4 is 5.32 Å². The van der Waals surface area contributed by atoms with Crippen LogP contribution in [-0.4, -0.2) is 0 Å². The van der Waals surface area contributed by atoms with Gasteiger partial charge in [0.2, 0.25) is 0 Å². The van der Waals surface area contributed by atoms with E-state index in [-0.39, 0.29) is 0 Å². The second-order valence-corrected chi connectivity index (χ2v) is 5.55. The zero-order valence-electron chi connectivity index (χ0n) is 10.8. The third-order valence-corrected chi connectivity index (χ3v) is 4.20. The summed E-state index contributed by atoms with van der Waals surface area (Å²) in [6.07, 6.45) is 0. The molecule has 3 heteroatoms. The number of benzene rings is 2. The Morgan fingerprint density at radius 2 is 1.85 bits per heavy atom. The number of thiophene rings is 1. The van der Waals surface area contributed by atoms with E-state index in [9.17, 15) is 0 Å². The fourth-order valence-corrected chi connectivity index (χ4v) is 3.15. The van der Waals surface area contributed by atoms with Gasteiger partial charge >= 0.3 is 0 Å². The molecule has 0 atom stereocenters. The molecule has 0 saturated carbocycles. The lowest BCUT2D eigenvalue weighted by Crippen LogP contribution is -1.97. The molecule has 0 unspecified atom stereocenters. The van der Waals surface area contributed by atoms with Crippen LogP contribution in [0, 0.1) is 0 Å². The predicted octanol–water partition coefficient (Wildman–Crippen LogP) is 5.26. The highest BCUT2D eigenvalue weighted by Crippen LogP contribution is 2.33. The van der Waals surface area contributed by atoms with Gasteiger partial charge in [0, 0.05) is 17.3 Å². The highest BCUT2D eigenvalue weighted by molar-refractivity contribution is 7.07. The van der Waals surface area contributed by atoms with Crippen LogP contribution in [0.4, 0.5) is 5.69 Å². The van der Waals surface area contributed by atoms with Gasteiger partial charge in [-0.1, -0.05) is 30.3 Å². The first-order valence-corrected chi connectivity index (χ1v) is 7.51. The molecule has 2 heterocycles. The predicted molar refractivity (Wildman–Crippen MR) is 85.4 cm³/mol. The van der Waals surface area contributed by atoms with E-state index >= 15 is 0 Å². The van der Waals surface area contributed by atoms with Gasteiger partial charge in [-0.2, -0.15) is 11.3 Å². The molecule has 4 rings (SSSR count). The maximum atomic E-state index is 5.99. The first-order valence-electron chi connectivity index (χ1n) is 6.57. The molecule has 0 aliphatic heterocycles. The minimum atomic E-state index is 0.819. The number of para-hydroxylation sites is 2. The minimum Gasteiger partial charge on any atom is -0.454 e. The average Bonchev–Trinajstić information content (AvgIpc) is 3.12. The average molecular weight is 279 g/mol. The molecular formula is C17H13NOS.